The number of aromatic nitrogens is 1. The molecule has 11 heavy (non-hydrogen) atoms. The molecule has 0 bridgehead atoms. The summed E-state index contributed by atoms with van der Waals surface area (Å²) in [6, 6.07) is 3.90. The number of hydrogen-bond donors (Lipinski definition) is 0. The van der Waals surface area contributed by atoms with Gasteiger partial charge in [-0.3, -0.25) is 4.98 Å². The SMILES string of the molecule is Cc1ccc(CCl)c(CCl)n1. The first-order valence-electron chi connectivity index (χ1n) is 3.35. The summed E-state index contributed by atoms with van der Waals surface area (Å²) in [5.74, 6) is 0.916. The van der Waals surface area contributed by atoms with Gasteiger partial charge in [0.25, 0.3) is 0 Å². The van der Waals surface area contributed by atoms with Crippen LogP contribution in [0.3, 0.4) is 0 Å². The quantitative estimate of drug-likeness (QED) is 0.653. The Bertz CT molecular complexity index is 248. The van der Waals surface area contributed by atoms with Gasteiger partial charge in [0.05, 0.1) is 11.6 Å². The van der Waals surface area contributed by atoms with Crippen molar-refractivity contribution in [2.75, 3.05) is 0 Å². The van der Waals surface area contributed by atoms with Gasteiger partial charge >= 0.3 is 0 Å². The standard InChI is InChI=1S/C8H9Cl2N/c1-6-2-3-7(4-9)8(5-10)11-6/h2-3H,4-5H2,1H3. The molecule has 0 spiro atoms. The lowest BCUT2D eigenvalue weighted by atomic mass is 10.2. The average Bonchev–Trinajstić information content (AvgIpc) is 2.04. The minimum absolute atomic E-state index is 0.434. The number of hydrogen-bond acceptors (Lipinski definition) is 1. The zero-order chi connectivity index (χ0) is 8.27. The van der Waals surface area contributed by atoms with Gasteiger partial charge in [-0.25, -0.2) is 0 Å². The number of pyridine rings is 1. The first-order chi connectivity index (χ1) is 5.27. The van der Waals surface area contributed by atoms with E-state index >= 15 is 0 Å². The van der Waals surface area contributed by atoms with E-state index < -0.39 is 0 Å². The van der Waals surface area contributed by atoms with Crippen LogP contribution in [-0.2, 0) is 11.8 Å². The predicted octanol–water partition coefficient (Wildman–Crippen LogP) is 2.87. The second-order valence-corrected chi connectivity index (χ2v) is 2.86. The van der Waals surface area contributed by atoms with Gasteiger partial charge in [-0.15, -0.1) is 23.2 Å². The lowest BCUT2D eigenvalue weighted by molar-refractivity contribution is 1.06. The molecule has 0 aliphatic heterocycles. The van der Waals surface area contributed by atoms with Gasteiger partial charge in [0.1, 0.15) is 0 Å². The van der Waals surface area contributed by atoms with E-state index in [0.717, 1.165) is 17.0 Å². The van der Waals surface area contributed by atoms with Crippen molar-refractivity contribution in [3.8, 4) is 0 Å². The molecule has 1 rings (SSSR count). The van der Waals surface area contributed by atoms with Crippen LogP contribution in [0, 0.1) is 6.92 Å². The maximum absolute atomic E-state index is 5.66. The summed E-state index contributed by atoms with van der Waals surface area (Å²) in [4.78, 5) is 4.25. The van der Waals surface area contributed by atoms with Crippen molar-refractivity contribution >= 4 is 23.2 Å². The zero-order valence-electron chi connectivity index (χ0n) is 6.27. The third kappa shape index (κ3) is 2.08. The molecule has 0 aromatic carbocycles. The van der Waals surface area contributed by atoms with Gasteiger partial charge in [0.2, 0.25) is 0 Å². The molecule has 0 fully saturated rings. The normalized spacial score (nSPS) is 10.1. The molecular formula is C8H9Cl2N. The van der Waals surface area contributed by atoms with E-state index in [2.05, 4.69) is 4.98 Å². The second kappa shape index (κ2) is 3.93. The first-order valence-corrected chi connectivity index (χ1v) is 4.42. The Kier molecular flexibility index (Phi) is 3.16. The highest BCUT2D eigenvalue weighted by Gasteiger charge is 2.00. The number of halogens is 2. The van der Waals surface area contributed by atoms with Crippen molar-refractivity contribution in [2.45, 2.75) is 18.7 Å². The van der Waals surface area contributed by atoms with Crippen LogP contribution in [0.5, 0.6) is 0 Å². The third-order valence-electron chi connectivity index (χ3n) is 1.48. The molecule has 60 valence electrons. The van der Waals surface area contributed by atoms with Crippen molar-refractivity contribution in [3.63, 3.8) is 0 Å². The summed E-state index contributed by atoms with van der Waals surface area (Å²) in [5, 5.41) is 0. The molecule has 0 saturated carbocycles. The maximum atomic E-state index is 5.66. The number of aryl methyl sites for hydroxylation is 1. The second-order valence-electron chi connectivity index (χ2n) is 2.33. The molecule has 1 heterocycles. The van der Waals surface area contributed by atoms with Crippen LogP contribution in [0.2, 0.25) is 0 Å². The summed E-state index contributed by atoms with van der Waals surface area (Å²) in [7, 11) is 0. The van der Waals surface area contributed by atoms with E-state index in [1.54, 1.807) is 0 Å². The molecular weight excluding hydrogens is 181 g/mol. The third-order valence-corrected chi connectivity index (χ3v) is 2.02. The molecule has 1 aromatic rings. The van der Waals surface area contributed by atoms with Crippen molar-refractivity contribution in [1.29, 1.82) is 0 Å². The highest BCUT2D eigenvalue weighted by molar-refractivity contribution is 6.18. The van der Waals surface area contributed by atoms with Gasteiger partial charge in [-0.2, -0.15) is 0 Å². The van der Waals surface area contributed by atoms with Gasteiger partial charge in [-0.05, 0) is 18.6 Å². The maximum Gasteiger partial charge on any atom is 0.0650 e. The Balaban J connectivity index is 3.06. The molecule has 0 aliphatic carbocycles. The lowest BCUT2D eigenvalue weighted by Gasteiger charge is -2.02. The van der Waals surface area contributed by atoms with Crippen LogP contribution in [0.1, 0.15) is 17.0 Å². The lowest BCUT2D eigenvalue weighted by Crippen LogP contribution is -1.94. The van der Waals surface area contributed by atoms with Gasteiger partial charge < -0.3 is 0 Å². The zero-order valence-corrected chi connectivity index (χ0v) is 7.78. The Morgan fingerprint density at radius 2 is 2.00 bits per heavy atom. The number of alkyl halides is 2. The molecule has 0 unspecified atom stereocenters. The monoisotopic (exact) mass is 189 g/mol. The average molecular weight is 190 g/mol. The van der Waals surface area contributed by atoms with Gasteiger partial charge in [0.15, 0.2) is 0 Å². The molecule has 1 aromatic heterocycles. The largest absolute Gasteiger partial charge is 0.257 e. The summed E-state index contributed by atoms with van der Waals surface area (Å²) in [6.45, 7) is 1.94. The summed E-state index contributed by atoms with van der Waals surface area (Å²) in [5.41, 5.74) is 2.89. The molecule has 0 atom stereocenters. The van der Waals surface area contributed by atoms with Crippen molar-refractivity contribution in [2.24, 2.45) is 0 Å². The predicted molar refractivity (Wildman–Crippen MR) is 48.1 cm³/mol. The first kappa shape index (κ1) is 8.82. The molecule has 1 nitrogen and oxygen atoms in total. The van der Waals surface area contributed by atoms with Crippen LogP contribution in [0.15, 0.2) is 12.1 Å². The van der Waals surface area contributed by atoms with Gasteiger partial charge in [0, 0.05) is 11.6 Å². The summed E-state index contributed by atoms with van der Waals surface area (Å²) < 4.78 is 0. The molecule has 0 N–H and O–H groups in total. The summed E-state index contributed by atoms with van der Waals surface area (Å²) in [6.07, 6.45) is 0. The van der Waals surface area contributed by atoms with E-state index in [1.165, 1.54) is 0 Å². The molecule has 0 saturated heterocycles. The minimum atomic E-state index is 0.434. The van der Waals surface area contributed by atoms with Crippen LogP contribution in [0.4, 0.5) is 0 Å². The van der Waals surface area contributed by atoms with E-state index in [9.17, 15) is 0 Å². The summed E-state index contributed by atoms with van der Waals surface area (Å²) >= 11 is 11.3. The van der Waals surface area contributed by atoms with Crippen LogP contribution >= 0.6 is 23.2 Å². The highest BCUT2D eigenvalue weighted by atomic mass is 35.5. The van der Waals surface area contributed by atoms with Crippen molar-refractivity contribution in [1.82, 2.24) is 4.98 Å². The Morgan fingerprint density at radius 3 is 2.55 bits per heavy atom. The van der Waals surface area contributed by atoms with E-state index in [-0.39, 0.29) is 0 Å². The fourth-order valence-corrected chi connectivity index (χ4v) is 1.35. The fraction of sp³-hybridized carbons (Fsp3) is 0.375. The van der Waals surface area contributed by atoms with Crippen LogP contribution < -0.4 is 0 Å². The smallest absolute Gasteiger partial charge is 0.0650 e. The highest BCUT2D eigenvalue weighted by Crippen LogP contribution is 2.12. The van der Waals surface area contributed by atoms with Crippen molar-refractivity contribution in [3.05, 3.63) is 29.1 Å². The van der Waals surface area contributed by atoms with E-state index in [1.807, 2.05) is 19.1 Å². The molecule has 3 heteroatoms. The number of rotatable bonds is 2. The van der Waals surface area contributed by atoms with E-state index in [4.69, 9.17) is 23.2 Å². The molecule has 0 aliphatic rings. The van der Waals surface area contributed by atoms with E-state index in [0.29, 0.717) is 11.8 Å². The minimum Gasteiger partial charge on any atom is -0.257 e. The number of nitrogens with zero attached hydrogens (tertiary/aromatic N) is 1. The molecule has 0 radical (unpaired) electrons. The van der Waals surface area contributed by atoms with Crippen LogP contribution in [-0.4, -0.2) is 4.98 Å². The van der Waals surface area contributed by atoms with Crippen molar-refractivity contribution < 1.29 is 0 Å². The van der Waals surface area contributed by atoms with Crippen LogP contribution in [0.25, 0.3) is 0 Å². The Hall–Kier alpha value is -0.270. The van der Waals surface area contributed by atoms with Gasteiger partial charge in [-0.1, -0.05) is 6.07 Å². The Morgan fingerprint density at radius 1 is 1.27 bits per heavy atom. The topological polar surface area (TPSA) is 12.9 Å². The fourth-order valence-electron chi connectivity index (χ4n) is 0.877. The Labute approximate surface area is 76.4 Å². The molecule has 0 amide bonds.